The van der Waals surface area contributed by atoms with Crippen LogP contribution in [-0.4, -0.2) is 11.5 Å². The first-order valence-electron chi connectivity index (χ1n) is 6.81. The van der Waals surface area contributed by atoms with E-state index >= 15 is 0 Å². The van der Waals surface area contributed by atoms with Crippen LogP contribution in [0.3, 0.4) is 0 Å². The normalized spacial score (nSPS) is 12.2. The number of benzene rings is 1. The van der Waals surface area contributed by atoms with Crippen molar-refractivity contribution >= 4 is 21.6 Å². The third-order valence-electron chi connectivity index (χ3n) is 3.28. The highest BCUT2D eigenvalue weighted by atomic mass is 79.9. The molecule has 0 amide bonds. The van der Waals surface area contributed by atoms with E-state index in [1.54, 1.807) is 0 Å². The molecule has 4 heteroatoms. The Morgan fingerprint density at radius 3 is 2.70 bits per heavy atom. The third kappa shape index (κ3) is 3.58. The Balaban J connectivity index is 2.32. The van der Waals surface area contributed by atoms with Crippen molar-refractivity contribution in [2.75, 3.05) is 11.4 Å². The summed E-state index contributed by atoms with van der Waals surface area (Å²) in [4.78, 5) is 6.70. The summed E-state index contributed by atoms with van der Waals surface area (Å²) >= 11 is 3.52. The van der Waals surface area contributed by atoms with E-state index in [0.29, 0.717) is 0 Å². The molecule has 0 aliphatic carbocycles. The highest BCUT2D eigenvalue weighted by molar-refractivity contribution is 9.10. The number of pyridine rings is 1. The number of hydrogen-bond donors (Lipinski definition) is 1. The van der Waals surface area contributed by atoms with Gasteiger partial charge >= 0.3 is 0 Å². The summed E-state index contributed by atoms with van der Waals surface area (Å²) in [5.74, 6) is 0. The van der Waals surface area contributed by atoms with Gasteiger partial charge in [0.25, 0.3) is 0 Å². The maximum Gasteiger partial charge on any atom is 0.0602 e. The van der Waals surface area contributed by atoms with Gasteiger partial charge in [0.2, 0.25) is 0 Å². The summed E-state index contributed by atoms with van der Waals surface area (Å²) in [5.41, 5.74) is 9.50. The second-order valence-corrected chi connectivity index (χ2v) is 5.74. The molecule has 0 aliphatic rings. The van der Waals surface area contributed by atoms with Crippen LogP contribution in [0.2, 0.25) is 0 Å². The molecular formula is C16H20BrN3. The van der Waals surface area contributed by atoms with E-state index in [9.17, 15) is 0 Å². The minimum absolute atomic E-state index is 0.000262. The van der Waals surface area contributed by atoms with Gasteiger partial charge in [-0.05, 0) is 49.7 Å². The molecule has 2 N–H and O–H groups in total. The Morgan fingerprint density at radius 1 is 1.30 bits per heavy atom. The Bertz CT molecular complexity index is 555. The van der Waals surface area contributed by atoms with Gasteiger partial charge < -0.3 is 10.6 Å². The molecule has 0 radical (unpaired) electrons. The Kier molecular flexibility index (Phi) is 5.15. The van der Waals surface area contributed by atoms with Crippen LogP contribution in [0.1, 0.15) is 31.1 Å². The lowest BCUT2D eigenvalue weighted by Crippen LogP contribution is -2.25. The van der Waals surface area contributed by atoms with Crippen LogP contribution in [0.15, 0.2) is 47.1 Å². The van der Waals surface area contributed by atoms with Crippen LogP contribution in [0, 0.1) is 0 Å². The molecule has 2 rings (SSSR count). The number of nitrogens with two attached hydrogens (primary N) is 1. The molecule has 3 nitrogen and oxygen atoms in total. The van der Waals surface area contributed by atoms with E-state index < -0.39 is 0 Å². The predicted molar refractivity (Wildman–Crippen MR) is 87.7 cm³/mol. The largest absolute Gasteiger partial charge is 0.366 e. The maximum absolute atomic E-state index is 6.11. The molecule has 0 spiro atoms. The van der Waals surface area contributed by atoms with Gasteiger partial charge in [0, 0.05) is 28.9 Å². The molecule has 0 fully saturated rings. The average molecular weight is 334 g/mol. The molecule has 1 heterocycles. The van der Waals surface area contributed by atoms with Gasteiger partial charge in [-0.15, -0.1) is 0 Å². The number of hydrogen-bond acceptors (Lipinski definition) is 3. The van der Waals surface area contributed by atoms with E-state index in [1.807, 2.05) is 31.3 Å². The smallest absolute Gasteiger partial charge is 0.0602 e. The van der Waals surface area contributed by atoms with Crippen LogP contribution in [0.4, 0.5) is 5.69 Å². The molecule has 106 valence electrons. The number of anilines is 1. The van der Waals surface area contributed by atoms with Gasteiger partial charge in [0.1, 0.15) is 0 Å². The van der Waals surface area contributed by atoms with Crippen molar-refractivity contribution in [1.82, 2.24) is 4.98 Å². The maximum atomic E-state index is 6.11. The fourth-order valence-electron chi connectivity index (χ4n) is 2.23. The SMILES string of the molecule is CCN(Cc1ccccn1)c1ccc(Br)cc1C(C)N. The zero-order valence-corrected chi connectivity index (χ0v) is 13.5. The zero-order chi connectivity index (χ0) is 14.5. The summed E-state index contributed by atoms with van der Waals surface area (Å²) in [6.45, 7) is 5.87. The summed E-state index contributed by atoms with van der Waals surface area (Å²) < 4.78 is 1.06. The Hall–Kier alpha value is -1.39. The van der Waals surface area contributed by atoms with Crippen LogP contribution < -0.4 is 10.6 Å². The third-order valence-corrected chi connectivity index (χ3v) is 3.77. The van der Waals surface area contributed by atoms with Crippen molar-refractivity contribution in [2.45, 2.75) is 26.4 Å². The minimum Gasteiger partial charge on any atom is -0.366 e. The fourth-order valence-corrected chi connectivity index (χ4v) is 2.61. The average Bonchev–Trinajstić information content (AvgIpc) is 2.46. The second kappa shape index (κ2) is 6.86. The number of nitrogens with zero attached hydrogens (tertiary/aromatic N) is 2. The van der Waals surface area contributed by atoms with E-state index in [2.05, 4.69) is 50.9 Å². The highest BCUT2D eigenvalue weighted by Crippen LogP contribution is 2.29. The lowest BCUT2D eigenvalue weighted by molar-refractivity contribution is 0.768. The van der Waals surface area contributed by atoms with Crippen molar-refractivity contribution in [3.05, 3.63) is 58.3 Å². The molecule has 1 aromatic carbocycles. The summed E-state index contributed by atoms with van der Waals surface area (Å²) in [5, 5.41) is 0. The standard InChI is InChI=1S/C16H20BrN3/c1-3-20(11-14-6-4-5-9-19-14)16-8-7-13(17)10-15(16)12(2)18/h4-10,12H,3,11,18H2,1-2H3. The molecular weight excluding hydrogens is 314 g/mol. The molecule has 0 aliphatic heterocycles. The van der Waals surface area contributed by atoms with Crippen molar-refractivity contribution in [3.8, 4) is 0 Å². The van der Waals surface area contributed by atoms with E-state index in [-0.39, 0.29) is 6.04 Å². The number of aromatic nitrogens is 1. The van der Waals surface area contributed by atoms with Crippen LogP contribution in [0.5, 0.6) is 0 Å². The topological polar surface area (TPSA) is 42.2 Å². The Labute approximate surface area is 129 Å². The summed E-state index contributed by atoms with van der Waals surface area (Å²) in [7, 11) is 0. The van der Waals surface area contributed by atoms with Gasteiger partial charge in [-0.3, -0.25) is 4.98 Å². The number of rotatable bonds is 5. The van der Waals surface area contributed by atoms with E-state index in [0.717, 1.165) is 28.8 Å². The molecule has 1 atom stereocenters. The van der Waals surface area contributed by atoms with Crippen molar-refractivity contribution in [1.29, 1.82) is 0 Å². The van der Waals surface area contributed by atoms with Gasteiger partial charge in [0.05, 0.1) is 12.2 Å². The Morgan fingerprint density at radius 2 is 2.10 bits per heavy atom. The van der Waals surface area contributed by atoms with Crippen molar-refractivity contribution in [3.63, 3.8) is 0 Å². The molecule has 2 aromatic rings. The van der Waals surface area contributed by atoms with Crippen molar-refractivity contribution < 1.29 is 0 Å². The number of halogens is 1. The first kappa shape index (κ1) is 15.0. The lowest BCUT2D eigenvalue weighted by atomic mass is 10.1. The van der Waals surface area contributed by atoms with Crippen LogP contribution in [-0.2, 0) is 6.54 Å². The first-order valence-corrected chi connectivity index (χ1v) is 7.61. The highest BCUT2D eigenvalue weighted by Gasteiger charge is 2.13. The monoisotopic (exact) mass is 333 g/mol. The minimum atomic E-state index is 0.000262. The summed E-state index contributed by atoms with van der Waals surface area (Å²) in [6.07, 6.45) is 1.83. The molecule has 0 bridgehead atoms. The van der Waals surface area contributed by atoms with Gasteiger partial charge in [0.15, 0.2) is 0 Å². The van der Waals surface area contributed by atoms with Gasteiger partial charge in [-0.1, -0.05) is 22.0 Å². The van der Waals surface area contributed by atoms with Crippen LogP contribution in [0.25, 0.3) is 0 Å². The van der Waals surface area contributed by atoms with Crippen molar-refractivity contribution in [2.24, 2.45) is 5.73 Å². The van der Waals surface area contributed by atoms with E-state index in [4.69, 9.17) is 5.73 Å². The van der Waals surface area contributed by atoms with Crippen LogP contribution >= 0.6 is 15.9 Å². The molecule has 0 saturated heterocycles. The first-order chi connectivity index (χ1) is 9.61. The molecule has 0 saturated carbocycles. The second-order valence-electron chi connectivity index (χ2n) is 4.83. The van der Waals surface area contributed by atoms with Gasteiger partial charge in [-0.2, -0.15) is 0 Å². The molecule has 1 unspecified atom stereocenters. The molecule has 1 aromatic heterocycles. The quantitative estimate of drug-likeness (QED) is 0.902. The predicted octanol–water partition coefficient (Wildman–Crippen LogP) is 3.89. The van der Waals surface area contributed by atoms with Gasteiger partial charge in [-0.25, -0.2) is 0 Å². The summed E-state index contributed by atoms with van der Waals surface area (Å²) in [6, 6.07) is 12.3. The lowest BCUT2D eigenvalue weighted by Gasteiger charge is -2.27. The molecule has 20 heavy (non-hydrogen) atoms. The van der Waals surface area contributed by atoms with E-state index in [1.165, 1.54) is 5.69 Å². The zero-order valence-electron chi connectivity index (χ0n) is 11.9. The fraction of sp³-hybridized carbons (Fsp3) is 0.312.